The minimum absolute atomic E-state index is 0.0205. The summed E-state index contributed by atoms with van der Waals surface area (Å²) in [6.07, 6.45) is 0. The van der Waals surface area contributed by atoms with Crippen LogP contribution >= 0.6 is 0 Å². The Morgan fingerprint density at radius 3 is 2.90 bits per heavy atom. The Labute approximate surface area is 113 Å². The Kier molecular flexibility index (Phi) is 3.94. The summed E-state index contributed by atoms with van der Waals surface area (Å²) < 4.78 is 9.78. The quantitative estimate of drug-likeness (QED) is 0.355. The van der Waals surface area contributed by atoms with E-state index in [1.54, 1.807) is 31.2 Å². The molecule has 8 heteroatoms. The number of carbonyl (C=O) groups is 2. The van der Waals surface area contributed by atoms with E-state index in [1.807, 2.05) is 0 Å². The van der Waals surface area contributed by atoms with E-state index in [4.69, 9.17) is 10.2 Å². The molecule has 2 rings (SSSR count). The molecule has 0 unspecified atom stereocenters. The molecule has 20 heavy (non-hydrogen) atoms. The minimum Gasteiger partial charge on any atom is -0.459 e. The molecule has 0 fully saturated rings. The first kappa shape index (κ1) is 13.5. The zero-order valence-electron chi connectivity index (χ0n) is 10.6. The Balaban J connectivity index is 2.10. The highest BCUT2D eigenvalue weighted by Gasteiger charge is 2.16. The second-order valence-electron chi connectivity index (χ2n) is 3.64. The molecule has 3 N–H and O–H groups in total. The fourth-order valence-corrected chi connectivity index (χ4v) is 1.40. The smallest absolute Gasteiger partial charge is 0.397 e. The highest BCUT2D eigenvalue weighted by molar-refractivity contribution is 6.35. The summed E-state index contributed by atoms with van der Waals surface area (Å²) in [6.45, 7) is 1.68. The maximum absolute atomic E-state index is 11.3. The van der Waals surface area contributed by atoms with E-state index >= 15 is 0 Å². The average molecular weight is 276 g/mol. The van der Waals surface area contributed by atoms with Crippen molar-refractivity contribution >= 4 is 35.0 Å². The van der Waals surface area contributed by atoms with Gasteiger partial charge in [-0.05, 0) is 19.1 Å². The standard InChI is InChI=1S/C12H12N4O4/c1-2-19-10(18)9(17)15-11(13)16-12-14-7-5-3-4-6-8(7)20-12/h3-6H,2H2,1H3,(H3,13,14,15,16,17). The molecule has 0 spiro atoms. The van der Waals surface area contributed by atoms with Gasteiger partial charge in [-0.2, -0.15) is 9.98 Å². The van der Waals surface area contributed by atoms with Gasteiger partial charge in [-0.3, -0.25) is 10.1 Å². The molecular formula is C12H12N4O4. The van der Waals surface area contributed by atoms with E-state index in [0.29, 0.717) is 11.1 Å². The van der Waals surface area contributed by atoms with Crippen molar-refractivity contribution in [3.8, 4) is 0 Å². The number of nitrogens with one attached hydrogen (secondary N) is 1. The van der Waals surface area contributed by atoms with Crippen molar-refractivity contribution in [2.75, 3.05) is 6.61 Å². The zero-order valence-corrected chi connectivity index (χ0v) is 10.6. The lowest BCUT2D eigenvalue weighted by molar-refractivity contribution is -0.153. The number of para-hydroxylation sites is 2. The molecule has 2 aromatic rings. The van der Waals surface area contributed by atoms with Gasteiger partial charge < -0.3 is 14.9 Å². The topological polar surface area (TPSA) is 120 Å². The molecule has 104 valence electrons. The normalized spacial score (nSPS) is 11.3. The largest absolute Gasteiger partial charge is 0.459 e. The second kappa shape index (κ2) is 5.83. The van der Waals surface area contributed by atoms with Gasteiger partial charge in [0.15, 0.2) is 5.58 Å². The molecule has 0 saturated carbocycles. The van der Waals surface area contributed by atoms with Crippen LogP contribution in [0.15, 0.2) is 33.7 Å². The molecule has 0 radical (unpaired) electrons. The number of nitrogens with two attached hydrogens (primary N) is 1. The van der Waals surface area contributed by atoms with E-state index in [1.165, 1.54) is 0 Å². The van der Waals surface area contributed by atoms with Crippen molar-refractivity contribution in [3.05, 3.63) is 24.3 Å². The third-order valence-electron chi connectivity index (χ3n) is 2.20. The first-order valence-corrected chi connectivity index (χ1v) is 5.78. The number of guanidine groups is 1. The summed E-state index contributed by atoms with van der Waals surface area (Å²) in [5.74, 6) is -2.36. The Hall–Kier alpha value is -2.90. The summed E-state index contributed by atoms with van der Waals surface area (Å²) in [7, 11) is 0. The molecule has 0 aliphatic carbocycles. The van der Waals surface area contributed by atoms with E-state index in [9.17, 15) is 9.59 Å². The lowest BCUT2D eigenvalue weighted by atomic mass is 10.3. The molecule has 1 aromatic heterocycles. The van der Waals surface area contributed by atoms with Gasteiger partial charge in [0, 0.05) is 0 Å². The number of amides is 1. The third kappa shape index (κ3) is 3.10. The van der Waals surface area contributed by atoms with Crippen molar-refractivity contribution in [1.29, 1.82) is 0 Å². The van der Waals surface area contributed by atoms with E-state index in [0.717, 1.165) is 0 Å². The number of hydrogen-bond donors (Lipinski definition) is 2. The van der Waals surface area contributed by atoms with Gasteiger partial charge >= 0.3 is 17.9 Å². The first-order valence-electron chi connectivity index (χ1n) is 5.78. The van der Waals surface area contributed by atoms with E-state index in [2.05, 4.69) is 20.0 Å². The van der Waals surface area contributed by atoms with Gasteiger partial charge in [0.2, 0.25) is 5.96 Å². The molecule has 1 amide bonds. The van der Waals surface area contributed by atoms with Gasteiger partial charge in [-0.1, -0.05) is 12.1 Å². The van der Waals surface area contributed by atoms with Gasteiger partial charge in [0.25, 0.3) is 0 Å². The van der Waals surface area contributed by atoms with Crippen molar-refractivity contribution in [2.45, 2.75) is 6.92 Å². The maximum Gasteiger partial charge on any atom is 0.397 e. The van der Waals surface area contributed by atoms with Crippen LogP contribution in [0.2, 0.25) is 0 Å². The van der Waals surface area contributed by atoms with Crippen LogP contribution in [0.5, 0.6) is 0 Å². The van der Waals surface area contributed by atoms with Crippen LogP contribution in [0.3, 0.4) is 0 Å². The SMILES string of the molecule is CCOC(=O)C(=O)NC(N)=Nc1nc2ccccc2o1. The third-order valence-corrected chi connectivity index (χ3v) is 2.20. The molecule has 1 heterocycles. The Bertz CT molecular complexity index is 644. The zero-order chi connectivity index (χ0) is 14.5. The summed E-state index contributed by atoms with van der Waals surface area (Å²) in [4.78, 5) is 30.2. The summed E-state index contributed by atoms with van der Waals surface area (Å²) in [5.41, 5.74) is 6.62. The highest BCUT2D eigenvalue weighted by atomic mass is 16.5. The molecule has 0 atom stereocenters. The van der Waals surface area contributed by atoms with Crippen molar-refractivity contribution in [2.24, 2.45) is 10.7 Å². The van der Waals surface area contributed by atoms with Gasteiger partial charge in [-0.25, -0.2) is 4.79 Å². The van der Waals surface area contributed by atoms with Crippen LogP contribution in [0.1, 0.15) is 6.92 Å². The lowest BCUT2D eigenvalue weighted by Gasteiger charge is -2.02. The van der Waals surface area contributed by atoms with Crippen LogP contribution < -0.4 is 11.1 Å². The Morgan fingerprint density at radius 2 is 2.20 bits per heavy atom. The molecule has 0 aliphatic heterocycles. The van der Waals surface area contributed by atoms with Gasteiger partial charge in [-0.15, -0.1) is 0 Å². The number of nitrogens with zero attached hydrogens (tertiary/aromatic N) is 2. The van der Waals surface area contributed by atoms with E-state index < -0.39 is 11.9 Å². The van der Waals surface area contributed by atoms with E-state index in [-0.39, 0.29) is 18.6 Å². The average Bonchev–Trinajstić information content (AvgIpc) is 2.80. The number of hydrogen-bond acceptors (Lipinski definition) is 6. The van der Waals surface area contributed by atoms with Gasteiger partial charge in [0.05, 0.1) is 6.61 Å². The number of rotatable bonds is 2. The Morgan fingerprint density at radius 1 is 1.45 bits per heavy atom. The van der Waals surface area contributed by atoms with Crippen molar-refractivity contribution in [1.82, 2.24) is 10.3 Å². The number of carbonyl (C=O) groups excluding carboxylic acids is 2. The van der Waals surface area contributed by atoms with Crippen LogP contribution in [-0.4, -0.2) is 29.4 Å². The molecule has 8 nitrogen and oxygen atoms in total. The number of ether oxygens (including phenoxy) is 1. The maximum atomic E-state index is 11.3. The minimum atomic E-state index is -1.04. The highest BCUT2D eigenvalue weighted by Crippen LogP contribution is 2.19. The summed E-state index contributed by atoms with van der Waals surface area (Å²) >= 11 is 0. The predicted octanol–water partition coefficient (Wildman–Crippen LogP) is 0.453. The van der Waals surface area contributed by atoms with Crippen LogP contribution in [0, 0.1) is 0 Å². The van der Waals surface area contributed by atoms with Crippen molar-refractivity contribution in [3.63, 3.8) is 0 Å². The van der Waals surface area contributed by atoms with Crippen molar-refractivity contribution < 1.29 is 18.7 Å². The monoisotopic (exact) mass is 276 g/mol. The van der Waals surface area contributed by atoms with Crippen LogP contribution in [0.25, 0.3) is 11.1 Å². The number of fused-ring (bicyclic) bond motifs is 1. The van der Waals surface area contributed by atoms with Crippen LogP contribution in [0.4, 0.5) is 6.01 Å². The molecule has 1 aromatic carbocycles. The lowest BCUT2D eigenvalue weighted by Crippen LogP contribution is -2.41. The fraction of sp³-hybridized carbons (Fsp3) is 0.167. The second-order valence-corrected chi connectivity index (χ2v) is 3.64. The fourth-order valence-electron chi connectivity index (χ4n) is 1.40. The molecular weight excluding hydrogens is 264 g/mol. The first-order chi connectivity index (χ1) is 9.60. The number of benzene rings is 1. The van der Waals surface area contributed by atoms with Crippen LogP contribution in [-0.2, 0) is 14.3 Å². The van der Waals surface area contributed by atoms with Gasteiger partial charge in [0.1, 0.15) is 5.52 Å². The molecule has 0 aliphatic rings. The molecule has 0 bridgehead atoms. The summed E-state index contributed by atoms with van der Waals surface area (Å²) in [5, 5.41) is 2.07. The number of aliphatic imine (C=N–C) groups is 1. The molecule has 0 saturated heterocycles. The summed E-state index contributed by atoms with van der Waals surface area (Å²) in [6, 6.07) is 7.02. The predicted molar refractivity (Wildman–Crippen MR) is 70.1 cm³/mol. The number of esters is 1. The number of aromatic nitrogens is 1. The number of oxazole rings is 1.